The zero-order valence-electron chi connectivity index (χ0n) is 29.2. The number of fused-ring (bicyclic) bond motifs is 3. The second kappa shape index (κ2) is 13.7. The molecule has 2 aromatic heterocycles. The van der Waals surface area contributed by atoms with E-state index in [9.17, 15) is 15.8 Å². The normalized spacial score (nSPS) is 10.9. The first-order valence-corrected chi connectivity index (χ1v) is 17.6. The number of nitriles is 3. The van der Waals surface area contributed by atoms with Gasteiger partial charge in [-0.2, -0.15) is 15.8 Å². The van der Waals surface area contributed by atoms with Crippen molar-refractivity contribution in [2.45, 2.75) is 0 Å². The summed E-state index contributed by atoms with van der Waals surface area (Å²) in [4.78, 5) is 15.2. The van der Waals surface area contributed by atoms with Gasteiger partial charge in [0.05, 0.1) is 51.6 Å². The van der Waals surface area contributed by atoms with Crippen molar-refractivity contribution in [1.29, 1.82) is 15.8 Å². The zero-order chi connectivity index (χ0) is 37.3. The quantitative estimate of drug-likeness (QED) is 0.170. The highest BCUT2D eigenvalue weighted by Gasteiger charge is 2.21. The molecule has 0 amide bonds. The molecule has 0 bridgehead atoms. The average molecular weight is 702 g/mol. The van der Waals surface area contributed by atoms with E-state index >= 15 is 0 Å². The second-order valence-electron chi connectivity index (χ2n) is 13.1. The van der Waals surface area contributed by atoms with Crippen molar-refractivity contribution in [3.05, 3.63) is 180 Å². The van der Waals surface area contributed by atoms with E-state index in [2.05, 4.69) is 65.2 Å². The molecule has 7 aromatic carbocycles. The maximum Gasteiger partial charge on any atom is 0.166 e. The summed E-state index contributed by atoms with van der Waals surface area (Å²) < 4.78 is 2.24. The molecule has 7 nitrogen and oxygen atoms in total. The van der Waals surface area contributed by atoms with Gasteiger partial charge in [-0.1, -0.05) is 103 Å². The van der Waals surface area contributed by atoms with Crippen LogP contribution in [0.5, 0.6) is 0 Å². The monoisotopic (exact) mass is 701 g/mol. The highest BCUT2D eigenvalue weighted by Crippen LogP contribution is 2.39. The second-order valence-corrected chi connectivity index (χ2v) is 13.1. The molecule has 0 saturated heterocycles. The molecule has 2 heterocycles. The van der Waals surface area contributed by atoms with Crippen molar-refractivity contribution in [3.63, 3.8) is 0 Å². The molecule has 0 aliphatic rings. The number of hydrogen-bond acceptors (Lipinski definition) is 6. The summed E-state index contributed by atoms with van der Waals surface area (Å²) in [7, 11) is 0. The van der Waals surface area contributed by atoms with E-state index < -0.39 is 0 Å². The molecule has 0 aliphatic carbocycles. The SMILES string of the molecule is N#Cc1ccc(-c2ccc(-n3c4ccccc4c4cc(-c5cc(C#N)cc(C#N)c5)ccc43)c(-c3nc(-c4ccccc4)nc(-c4ccccc4)n3)c2)cc1. The number of aromatic nitrogens is 4. The third-order valence-corrected chi connectivity index (χ3v) is 9.72. The van der Waals surface area contributed by atoms with Crippen LogP contribution in [-0.2, 0) is 0 Å². The van der Waals surface area contributed by atoms with Gasteiger partial charge in [0, 0.05) is 27.5 Å². The van der Waals surface area contributed by atoms with E-state index in [0.717, 1.165) is 66.4 Å². The first-order valence-electron chi connectivity index (χ1n) is 17.6. The van der Waals surface area contributed by atoms with Gasteiger partial charge in [-0.3, -0.25) is 0 Å². The van der Waals surface area contributed by atoms with Gasteiger partial charge >= 0.3 is 0 Å². The van der Waals surface area contributed by atoms with Crippen LogP contribution in [0.25, 0.3) is 83.9 Å². The molecule has 0 unspecified atom stereocenters. The summed E-state index contributed by atoms with van der Waals surface area (Å²) in [6.45, 7) is 0. The molecule has 0 spiro atoms. The van der Waals surface area contributed by atoms with Gasteiger partial charge in [-0.05, 0) is 82.9 Å². The van der Waals surface area contributed by atoms with Gasteiger partial charge in [0.2, 0.25) is 0 Å². The van der Waals surface area contributed by atoms with Crippen molar-refractivity contribution in [3.8, 4) is 80.3 Å². The first kappa shape index (κ1) is 32.7. The topological polar surface area (TPSA) is 115 Å². The lowest BCUT2D eigenvalue weighted by molar-refractivity contribution is 1.06. The minimum absolute atomic E-state index is 0.436. The highest BCUT2D eigenvalue weighted by atomic mass is 15.1. The lowest BCUT2D eigenvalue weighted by Gasteiger charge is -2.16. The van der Waals surface area contributed by atoms with Crippen LogP contribution < -0.4 is 0 Å². The number of hydrogen-bond donors (Lipinski definition) is 0. The maximum absolute atomic E-state index is 9.68. The smallest absolute Gasteiger partial charge is 0.166 e. The van der Waals surface area contributed by atoms with E-state index in [0.29, 0.717) is 34.2 Å². The Morgan fingerprint density at radius 3 is 1.53 bits per heavy atom. The largest absolute Gasteiger partial charge is 0.309 e. The molecule has 254 valence electrons. The number of nitrogens with zero attached hydrogens (tertiary/aromatic N) is 7. The molecule has 0 saturated carbocycles. The van der Waals surface area contributed by atoms with E-state index in [1.165, 1.54) is 0 Å². The van der Waals surface area contributed by atoms with Crippen LogP contribution in [-0.4, -0.2) is 19.5 Å². The molecular formula is C48H27N7. The van der Waals surface area contributed by atoms with Crippen LogP contribution >= 0.6 is 0 Å². The summed E-state index contributed by atoms with van der Waals surface area (Å²) in [5.74, 6) is 1.63. The maximum atomic E-state index is 9.68. The number of benzene rings is 7. The predicted molar refractivity (Wildman–Crippen MR) is 215 cm³/mol. The molecule has 0 fully saturated rings. The lowest BCUT2D eigenvalue weighted by atomic mass is 9.98. The highest BCUT2D eigenvalue weighted by molar-refractivity contribution is 6.11. The molecule has 0 N–H and O–H groups in total. The molecule has 9 rings (SSSR count). The predicted octanol–water partition coefficient (Wildman–Crippen LogP) is 10.9. The van der Waals surface area contributed by atoms with Gasteiger partial charge in [-0.25, -0.2) is 15.0 Å². The van der Waals surface area contributed by atoms with Crippen molar-refractivity contribution in [1.82, 2.24) is 19.5 Å². The Morgan fingerprint density at radius 2 is 0.891 bits per heavy atom. The Morgan fingerprint density at radius 1 is 0.364 bits per heavy atom. The summed E-state index contributed by atoms with van der Waals surface area (Å²) in [5.41, 5.74) is 10.4. The van der Waals surface area contributed by atoms with E-state index in [-0.39, 0.29) is 0 Å². The van der Waals surface area contributed by atoms with Gasteiger partial charge in [0.15, 0.2) is 17.5 Å². The van der Waals surface area contributed by atoms with Gasteiger partial charge < -0.3 is 4.57 Å². The lowest BCUT2D eigenvalue weighted by Crippen LogP contribution is -2.04. The Hall–Kier alpha value is -8.18. The van der Waals surface area contributed by atoms with Crippen molar-refractivity contribution in [2.75, 3.05) is 0 Å². The summed E-state index contributed by atoms with van der Waals surface area (Å²) in [6, 6.07) is 60.0. The Kier molecular flexibility index (Phi) is 8.18. The van der Waals surface area contributed by atoms with E-state index in [4.69, 9.17) is 15.0 Å². The van der Waals surface area contributed by atoms with Crippen molar-refractivity contribution in [2.24, 2.45) is 0 Å². The molecule has 0 aliphatic heterocycles. The average Bonchev–Trinajstić information content (AvgIpc) is 3.60. The van der Waals surface area contributed by atoms with Gasteiger partial charge in [0.25, 0.3) is 0 Å². The minimum Gasteiger partial charge on any atom is -0.309 e. The third-order valence-electron chi connectivity index (χ3n) is 9.72. The van der Waals surface area contributed by atoms with Gasteiger partial charge in [0.1, 0.15) is 0 Å². The standard InChI is InChI=1S/C48H27N7/c49-28-31-15-17-34(18-16-31)37-19-22-45(42(27-37)48-53-46(35-9-3-1-4-10-35)52-47(54-48)36-11-5-2-6-12-36)55-43-14-8-7-13-40(43)41-26-38(20-21-44(41)55)39-24-32(29-50)23-33(25-39)30-51/h1-27H. The van der Waals surface area contributed by atoms with Crippen LogP contribution in [0, 0.1) is 34.0 Å². The van der Waals surface area contributed by atoms with Crippen molar-refractivity contribution < 1.29 is 0 Å². The Labute approximate surface area is 316 Å². The van der Waals surface area contributed by atoms with Crippen LogP contribution in [0.3, 0.4) is 0 Å². The Bertz CT molecular complexity index is 2960. The number of para-hydroxylation sites is 1. The van der Waals surface area contributed by atoms with E-state index in [1.807, 2.05) is 115 Å². The van der Waals surface area contributed by atoms with Crippen LogP contribution in [0.2, 0.25) is 0 Å². The van der Waals surface area contributed by atoms with Crippen LogP contribution in [0.1, 0.15) is 16.7 Å². The zero-order valence-corrected chi connectivity index (χ0v) is 29.2. The fourth-order valence-corrected chi connectivity index (χ4v) is 7.09. The summed E-state index contributed by atoms with van der Waals surface area (Å²) in [5, 5.41) is 30.9. The fraction of sp³-hybridized carbons (Fsp3) is 0. The molecule has 55 heavy (non-hydrogen) atoms. The van der Waals surface area contributed by atoms with Crippen LogP contribution in [0.15, 0.2) is 164 Å². The molecule has 0 atom stereocenters. The molecule has 7 heteroatoms. The third kappa shape index (κ3) is 6.03. The van der Waals surface area contributed by atoms with Gasteiger partial charge in [-0.15, -0.1) is 0 Å². The molecule has 9 aromatic rings. The minimum atomic E-state index is 0.436. The summed E-state index contributed by atoms with van der Waals surface area (Å²) >= 11 is 0. The van der Waals surface area contributed by atoms with Crippen molar-refractivity contribution >= 4 is 21.8 Å². The molecular weight excluding hydrogens is 675 g/mol. The number of rotatable bonds is 6. The Balaban J connectivity index is 1.32. The van der Waals surface area contributed by atoms with E-state index in [1.54, 1.807) is 6.07 Å². The molecule has 0 radical (unpaired) electrons. The van der Waals surface area contributed by atoms with Crippen LogP contribution in [0.4, 0.5) is 0 Å². The fourth-order valence-electron chi connectivity index (χ4n) is 7.09. The summed E-state index contributed by atoms with van der Waals surface area (Å²) in [6.07, 6.45) is 0. The first-order chi connectivity index (χ1) is 27.1.